The molecule has 0 fully saturated rings. The third-order valence-corrected chi connectivity index (χ3v) is 3.94. The van der Waals surface area contributed by atoms with Crippen LogP contribution in [0.3, 0.4) is 0 Å². The minimum Gasteiger partial charge on any atom is -0.244 e. The Morgan fingerprint density at radius 2 is 1.78 bits per heavy atom. The highest BCUT2D eigenvalue weighted by Gasteiger charge is 2.16. The van der Waals surface area contributed by atoms with Crippen LogP contribution in [0.25, 0.3) is 11.1 Å². The first-order valence-corrected chi connectivity index (χ1v) is 6.90. The maximum absolute atomic E-state index is 6.47. The van der Waals surface area contributed by atoms with Crippen molar-refractivity contribution in [1.82, 2.24) is 9.97 Å². The summed E-state index contributed by atoms with van der Waals surface area (Å²) >= 11 is 8.24. The highest BCUT2D eigenvalue weighted by Crippen LogP contribution is 2.40. The Balaban J connectivity index is 2.43. The van der Waals surface area contributed by atoms with E-state index in [1.54, 1.807) is 24.2 Å². The molecule has 0 N–H and O–H groups in total. The molecule has 1 heterocycles. The molecule has 1 aromatic heterocycles. The highest BCUT2D eigenvalue weighted by atomic mass is 35.5. The number of rotatable bonds is 2. The molecule has 0 unspecified atom stereocenters. The lowest BCUT2D eigenvalue weighted by atomic mass is 10.1. The van der Waals surface area contributed by atoms with E-state index in [1.807, 2.05) is 18.2 Å². The average molecular weight is 279 g/mol. The summed E-state index contributed by atoms with van der Waals surface area (Å²) in [7, 11) is 0. The maximum Gasteiger partial charge on any atom is 0.115 e. The van der Waals surface area contributed by atoms with E-state index < -0.39 is 0 Å². The fraction of sp³-hybridized carbons (Fsp3) is 0.286. The molecule has 0 aliphatic heterocycles. The van der Waals surface area contributed by atoms with Gasteiger partial charge in [0, 0.05) is 33.2 Å². The molecule has 4 heteroatoms. The van der Waals surface area contributed by atoms with Crippen LogP contribution in [0, 0.1) is 0 Å². The van der Waals surface area contributed by atoms with Gasteiger partial charge < -0.3 is 0 Å². The number of nitrogens with zero attached hydrogens (tertiary/aromatic N) is 2. The van der Waals surface area contributed by atoms with Gasteiger partial charge in [0.1, 0.15) is 6.33 Å². The lowest BCUT2D eigenvalue weighted by Crippen LogP contribution is -2.06. The summed E-state index contributed by atoms with van der Waals surface area (Å²) in [6, 6.07) is 6.06. The molecular weight excluding hydrogens is 264 g/mol. The smallest absolute Gasteiger partial charge is 0.115 e. The molecule has 2 aromatic rings. The summed E-state index contributed by atoms with van der Waals surface area (Å²) in [5.41, 5.74) is 1.92. The standard InChI is InChI=1S/C14H15ClN2S/c1-14(2,3)18-12-6-4-5-11(13(12)15)10-7-16-9-17-8-10/h4-9H,1-3H3. The number of aromatic nitrogens is 2. The minimum absolute atomic E-state index is 0.134. The number of hydrogen-bond donors (Lipinski definition) is 0. The first-order valence-electron chi connectivity index (χ1n) is 5.70. The largest absolute Gasteiger partial charge is 0.244 e. The predicted molar refractivity (Wildman–Crippen MR) is 78.1 cm³/mol. The maximum atomic E-state index is 6.47. The molecule has 0 aliphatic rings. The Morgan fingerprint density at radius 1 is 1.11 bits per heavy atom. The molecule has 0 saturated heterocycles. The monoisotopic (exact) mass is 278 g/mol. The third-order valence-electron chi connectivity index (χ3n) is 2.25. The average Bonchev–Trinajstić information content (AvgIpc) is 2.31. The van der Waals surface area contributed by atoms with Crippen molar-refractivity contribution in [1.29, 1.82) is 0 Å². The van der Waals surface area contributed by atoms with E-state index in [9.17, 15) is 0 Å². The first kappa shape index (κ1) is 13.4. The number of thioether (sulfide) groups is 1. The van der Waals surface area contributed by atoms with Gasteiger partial charge >= 0.3 is 0 Å². The van der Waals surface area contributed by atoms with Crippen LogP contribution in [0.1, 0.15) is 20.8 Å². The van der Waals surface area contributed by atoms with Crippen LogP contribution in [-0.4, -0.2) is 14.7 Å². The molecule has 0 amide bonds. The van der Waals surface area contributed by atoms with Gasteiger partial charge in [0.25, 0.3) is 0 Å². The van der Waals surface area contributed by atoms with E-state index in [2.05, 4.69) is 30.7 Å². The number of benzene rings is 1. The topological polar surface area (TPSA) is 25.8 Å². The van der Waals surface area contributed by atoms with E-state index in [0.29, 0.717) is 0 Å². The summed E-state index contributed by atoms with van der Waals surface area (Å²) in [6.07, 6.45) is 5.07. The fourth-order valence-electron chi connectivity index (χ4n) is 1.58. The van der Waals surface area contributed by atoms with Crippen LogP contribution in [0.15, 0.2) is 41.8 Å². The molecule has 0 aliphatic carbocycles. The van der Waals surface area contributed by atoms with Crippen molar-refractivity contribution < 1.29 is 0 Å². The van der Waals surface area contributed by atoms with Crippen LogP contribution in [0.5, 0.6) is 0 Å². The Kier molecular flexibility index (Phi) is 3.93. The van der Waals surface area contributed by atoms with Gasteiger partial charge in [-0.05, 0) is 6.07 Å². The normalized spacial score (nSPS) is 11.6. The molecular formula is C14H15ClN2S. The molecule has 2 nitrogen and oxygen atoms in total. The van der Waals surface area contributed by atoms with Crippen molar-refractivity contribution >= 4 is 23.4 Å². The van der Waals surface area contributed by atoms with Crippen LogP contribution >= 0.6 is 23.4 Å². The van der Waals surface area contributed by atoms with Crippen molar-refractivity contribution in [2.45, 2.75) is 30.4 Å². The quantitative estimate of drug-likeness (QED) is 0.746. The lowest BCUT2D eigenvalue weighted by molar-refractivity contribution is 0.803. The molecule has 2 rings (SSSR count). The Labute approximate surface area is 117 Å². The van der Waals surface area contributed by atoms with Gasteiger partial charge in [-0.1, -0.05) is 44.5 Å². The van der Waals surface area contributed by atoms with Gasteiger partial charge in [-0.15, -0.1) is 11.8 Å². The molecule has 0 bridgehead atoms. The molecule has 0 saturated carbocycles. The minimum atomic E-state index is 0.134. The van der Waals surface area contributed by atoms with Gasteiger partial charge in [0.15, 0.2) is 0 Å². The van der Waals surface area contributed by atoms with Crippen molar-refractivity contribution in [3.05, 3.63) is 41.9 Å². The van der Waals surface area contributed by atoms with E-state index >= 15 is 0 Å². The molecule has 0 radical (unpaired) electrons. The van der Waals surface area contributed by atoms with Gasteiger partial charge in [-0.3, -0.25) is 0 Å². The molecule has 1 aromatic carbocycles. The van der Waals surface area contributed by atoms with Crippen molar-refractivity contribution in [2.75, 3.05) is 0 Å². The van der Waals surface area contributed by atoms with Gasteiger partial charge in [-0.25, -0.2) is 9.97 Å². The van der Waals surface area contributed by atoms with Crippen molar-refractivity contribution in [2.24, 2.45) is 0 Å². The van der Waals surface area contributed by atoms with E-state index in [0.717, 1.165) is 21.0 Å². The van der Waals surface area contributed by atoms with Crippen LogP contribution in [-0.2, 0) is 0 Å². The van der Waals surface area contributed by atoms with Crippen LogP contribution in [0.2, 0.25) is 5.02 Å². The van der Waals surface area contributed by atoms with E-state index in [4.69, 9.17) is 11.6 Å². The molecule has 0 atom stereocenters. The first-order chi connectivity index (χ1) is 8.47. The van der Waals surface area contributed by atoms with Gasteiger partial charge in [0.2, 0.25) is 0 Å². The van der Waals surface area contributed by atoms with E-state index in [-0.39, 0.29) is 4.75 Å². The number of hydrogen-bond acceptors (Lipinski definition) is 3. The van der Waals surface area contributed by atoms with Crippen LogP contribution < -0.4 is 0 Å². The molecule has 18 heavy (non-hydrogen) atoms. The zero-order valence-corrected chi connectivity index (χ0v) is 12.2. The highest BCUT2D eigenvalue weighted by molar-refractivity contribution is 8.00. The lowest BCUT2D eigenvalue weighted by Gasteiger charge is -2.19. The zero-order valence-electron chi connectivity index (χ0n) is 10.6. The Morgan fingerprint density at radius 3 is 2.39 bits per heavy atom. The second-order valence-corrected chi connectivity index (χ2v) is 7.21. The third kappa shape index (κ3) is 3.24. The summed E-state index contributed by atoms with van der Waals surface area (Å²) < 4.78 is 0.134. The van der Waals surface area contributed by atoms with Gasteiger partial charge in [-0.2, -0.15) is 0 Å². The number of halogens is 1. The summed E-state index contributed by atoms with van der Waals surface area (Å²) in [6.45, 7) is 6.52. The summed E-state index contributed by atoms with van der Waals surface area (Å²) in [5, 5.41) is 0.771. The predicted octanol–water partition coefficient (Wildman–Crippen LogP) is 4.69. The van der Waals surface area contributed by atoms with Gasteiger partial charge in [0.05, 0.1) is 5.02 Å². The summed E-state index contributed by atoms with van der Waals surface area (Å²) in [5.74, 6) is 0. The Hall–Kier alpha value is -1.06. The second-order valence-electron chi connectivity index (χ2n) is 4.96. The van der Waals surface area contributed by atoms with Crippen molar-refractivity contribution in [3.63, 3.8) is 0 Å². The SMILES string of the molecule is CC(C)(C)Sc1cccc(-c2cncnc2)c1Cl. The molecule has 94 valence electrons. The molecule has 0 spiro atoms. The second kappa shape index (κ2) is 5.29. The Bertz CT molecular complexity index is 535. The fourth-order valence-corrected chi connectivity index (χ4v) is 2.94. The van der Waals surface area contributed by atoms with E-state index in [1.165, 1.54) is 6.33 Å². The summed E-state index contributed by atoms with van der Waals surface area (Å²) in [4.78, 5) is 9.15. The zero-order chi connectivity index (χ0) is 13.2. The van der Waals surface area contributed by atoms with Crippen LogP contribution in [0.4, 0.5) is 0 Å². The van der Waals surface area contributed by atoms with Crippen molar-refractivity contribution in [3.8, 4) is 11.1 Å².